The lowest BCUT2D eigenvalue weighted by molar-refractivity contribution is -0.115. The zero-order chi connectivity index (χ0) is 23.9. The molecule has 7 heteroatoms. The molecule has 1 unspecified atom stereocenters. The number of benzene rings is 4. The van der Waals surface area contributed by atoms with Crippen LogP contribution in [0.1, 0.15) is 21.2 Å². The van der Waals surface area contributed by atoms with Crippen molar-refractivity contribution in [2.75, 3.05) is 10.6 Å². The summed E-state index contributed by atoms with van der Waals surface area (Å²) in [6.07, 6.45) is 0. The third-order valence-corrected chi connectivity index (χ3v) is 6.39. The van der Waals surface area contributed by atoms with Gasteiger partial charge >= 0.3 is 0 Å². The second-order valence-electron chi connectivity index (χ2n) is 7.37. The van der Waals surface area contributed by atoms with Crippen molar-refractivity contribution in [2.24, 2.45) is 0 Å². The minimum Gasteiger partial charge on any atom is -0.322 e. The van der Waals surface area contributed by atoms with Gasteiger partial charge < -0.3 is 10.6 Å². The van der Waals surface area contributed by atoms with Gasteiger partial charge in [-0.2, -0.15) is 0 Å². The van der Waals surface area contributed by atoms with Crippen LogP contribution in [0.2, 0.25) is 5.02 Å². The molecule has 0 saturated carbocycles. The zero-order valence-corrected chi connectivity index (χ0v) is 19.4. The van der Waals surface area contributed by atoms with Gasteiger partial charge in [-0.15, -0.1) is 11.8 Å². The monoisotopic (exact) mass is 490 g/mol. The number of rotatable bonds is 7. The average Bonchev–Trinajstić information content (AvgIpc) is 2.84. The van der Waals surface area contributed by atoms with E-state index in [1.807, 2.05) is 36.4 Å². The van der Waals surface area contributed by atoms with Gasteiger partial charge in [0.2, 0.25) is 5.91 Å². The maximum atomic E-state index is 14.1. The average molecular weight is 491 g/mol. The van der Waals surface area contributed by atoms with Crippen LogP contribution in [0.4, 0.5) is 15.8 Å². The standard InChI is InChI=1S/C27H20ClFN2O2S/c28-20-11-6-10-19(16-20)26(32)30-21-12-7-13-22(17-21)34-25(18-8-2-1-3-9-18)27(33)31-24-15-5-4-14-23(24)29/h1-17,25H,(H,30,32)(H,31,33). The molecule has 4 aromatic rings. The molecule has 2 N–H and O–H groups in total. The predicted molar refractivity (Wildman–Crippen MR) is 136 cm³/mol. The molecule has 4 nitrogen and oxygen atoms in total. The number of thioether (sulfide) groups is 1. The Morgan fingerprint density at radius 3 is 2.29 bits per heavy atom. The Labute approximate surface area is 206 Å². The molecule has 0 aliphatic heterocycles. The normalized spacial score (nSPS) is 11.5. The number of halogens is 2. The third kappa shape index (κ3) is 6.04. The second kappa shape index (κ2) is 11.0. The number of para-hydroxylation sites is 1. The molecule has 0 aliphatic rings. The number of hydrogen-bond donors (Lipinski definition) is 2. The van der Waals surface area contributed by atoms with Crippen molar-refractivity contribution in [1.29, 1.82) is 0 Å². The molecule has 2 amide bonds. The van der Waals surface area contributed by atoms with E-state index in [0.717, 1.165) is 10.5 Å². The topological polar surface area (TPSA) is 58.2 Å². The highest BCUT2D eigenvalue weighted by molar-refractivity contribution is 8.00. The van der Waals surface area contributed by atoms with E-state index in [0.29, 0.717) is 16.3 Å². The summed E-state index contributed by atoms with van der Waals surface area (Å²) in [6, 6.07) is 29.2. The highest BCUT2D eigenvalue weighted by Crippen LogP contribution is 2.37. The summed E-state index contributed by atoms with van der Waals surface area (Å²) >= 11 is 7.29. The van der Waals surface area contributed by atoms with Crippen molar-refractivity contribution in [1.82, 2.24) is 0 Å². The second-order valence-corrected chi connectivity index (χ2v) is 8.98. The molecule has 4 rings (SSSR count). The van der Waals surface area contributed by atoms with E-state index in [9.17, 15) is 14.0 Å². The molecule has 0 heterocycles. The Morgan fingerprint density at radius 1 is 0.794 bits per heavy atom. The van der Waals surface area contributed by atoms with Crippen LogP contribution in [-0.4, -0.2) is 11.8 Å². The number of carbonyl (C=O) groups excluding carboxylic acids is 2. The van der Waals surface area contributed by atoms with Gasteiger partial charge in [-0.25, -0.2) is 4.39 Å². The molecule has 170 valence electrons. The minimum atomic E-state index is -0.639. The summed E-state index contributed by atoms with van der Waals surface area (Å²) in [6.45, 7) is 0. The van der Waals surface area contributed by atoms with Gasteiger partial charge in [0.15, 0.2) is 0 Å². The lowest BCUT2D eigenvalue weighted by Crippen LogP contribution is -2.19. The fourth-order valence-electron chi connectivity index (χ4n) is 3.28. The van der Waals surface area contributed by atoms with Crippen LogP contribution in [0.3, 0.4) is 0 Å². The number of hydrogen-bond acceptors (Lipinski definition) is 3. The summed E-state index contributed by atoms with van der Waals surface area (Å²) in [5, 5.41) is 5.38. The minimum absolute atomic E-state index is 0.122. The van der Waals surface area contributed by atoms with Crippen LogP contribution in [-0.2, 0) is 4.79 Å². The quantitative estimate of drug-likeness (QED) is 0.269. The van der Waals surface area contributed by atoms with E-state index in [-0.39, 0.29) is 17.5 Å². The first-order chi connectivity index (χ1) is 16.5. The number of amides is 2. The van der Waals surface area contributed by atoms with E-state index in [4.69, 9.17) is 11.6 Å². The summed E-state index contributed by atoms with van der Waals surface area (Å²) < 4.78 is 14.1. The van der Waals surface area contributed by atoms with Crippen LogP contribution in [0.5, 0.6) is 0 Å². The van der Waals surface area contributed by atoms with E-state index in [1.54, 1.807) is 54.6 Å². The number of nitrogens with one attached hydrogen (secondary N) is 2. The van der Waals surface area contributed by atoms with Gasteiger partial charge in [0.25, 0.3) is 5.91 Å². The summed E-state index contributed by atoms with van der Waals surface area (Å²) in [4.78, 5) is 26.5. The largest absolute Gasteiger partial charge is 0.322 e. The molecular formula is C27H20ClFN2O2S. The van der Waals surface area contributed by atoms with Crippen LogP contribution < -0.4 is 10.6 Å². The van der Waals surface area contributed by atoms with Crippen LogP contribution in [0.25, 0.3) is 0 Å². The SMILES string of the molecule is O=C(Nc1cccc(SC(C(=O)Nc2ccccc2F)c2ccccc2)c1)c1cccc(Cl)c1. The molecule has 34 heavy (non-hydrogen) atoms. The van der Waals surface area contributed by atoms with E-state index in [2.05, 4.69) is 10.6 Å². The first kappa shape index (κ1) is 23.5. The Balaban J connectivity index is 1.55. The number of carbonyl (C=O) groups is 2. The van der Waals surface area contributed by atoms with Gasteiger partial charge in [0.1, 0.15) is 11.1 Å². The molecule has 1 atom stereocenters. The van der Waals surface area contributed by atoms with Crippen LogP contribution in [0.15, 0.2) is 108 Å². The van der Waals surface area contributed by atoms with Gasteiger partial charge in [0.05, 0.1) is 5.69 Å². The highest BCUT2D eigenvalue weighted by atomic mass is 35.5. The van der Waals surface area contributed by atoms with Crippen molar-refractivity contribution in [3.05, 3.63) is 125 Å². The van der Waals surface area contributed by atoms with Crippen molar-refractivity contribution in [3.8, 4) is 0 Å². The Kier molecular flexibility index (Phi) is 7.62. The Morgan fingerprint density at radius 2 is 1.53 bits per heavy atom. The van der Waals surface area contributed by atoms with Crippen LogP contribution >= 0.6 is 23.4 Å². The van der Waals surface area contributed by atoms with Gasteiger partial charge in [-0.3, -0.25) is 9.59 Å². The van der Waals surface area contributed by atoms with Gasteiger partial charge in [0, 0.05) is 21.2 Å². The smallest absolute Gasteiger partial charge is 0.255 e. The molecule has 0 spiro atoms. The van der Waals surface area contributed by atoms with Crippen molar-refractivity contribution in [3.63, 3.8) is 0 Å². The van der Waals surface area contributed by atoms with Gasteiger partial charge in [-0.1, -0.05) is 66.2 Å². The highest BCUT2D eigenvalue weighted by Gasteiger charge is 2.23. The van der Waals surface area contributed by atoms with E-state index < -0.39 is 11.1 Å². The first-order valence-electron chi connectivity index (χ1n) is 10.4. The molecule has 0 aliphatic carbocycles. The summed E-state index contributed by atoms with van der Waals surface area (Å²) in [7, 11) is 0. The van der Waals surface area contributed by atoms with E-state index >= 15 is 0 Å². The molecular weight excluding hydrogens is 471 g/mol. The molecule has 0 radical (unpaired) electrons. The lowest BCUT2D eigenvalue weighted by atomic mass is 10.1. The maximum Gasteiger partial charge on any atom is 0.255 e. The first-order valence-corrected chi connectivity index (χ1v) is 11.7. The zero-order valence-electron chi connectivity index (χ0n) is 17.9. The third-order valence-electron chi connectivity index (χ3n) is 4.90. The summed E-state index contributed by atoms with van der Waals surface area (Å²) in [5.41, 5.74) is 1.92. The van der Waals surface area contributed by atoms with Crippen molar-refractivity contribution < 1.29 is 14.0 Å². The van der Waals surface area contributed by atoms with E-state index in [1.165, 1.54) is 23.9 Å². The lowest BCUT2D eigenvalue weighted by Gasteiger charge is -2.18. The van der Waals surface area contributed by atoms with Crippen molar-refractivity contribution >= 4 is 46.6 Å². The van der Waals surface area contributed by atoms with Crippen LogP contribution in [0, 0.1) is 5.82 Å². The van der Waals surface area contributed by atoms with Gasteiger partial charge in [-0.05, 0) is 54.1 Å². The molecule has 0 saturated heterocycles. The summed E-state index contributed by atoms with van der Waals surface area (Å²) in [5.74, 6) is -1.14. The molecule has 0 bridgehead atoms. The molecule has 4 aromatic carbocycles. The predicted octanol–water partition coefficient (Wildman–Crippen LogP) is 7.20. The number of anilines is 2. The van der Waals surface area contributed by atoms with Crippen molar-refractivity contribution in [2.45, 2.75) is 10.1 Å². The Bertz CT molecular complexity index is 1320. The fraction of sp³-hybridized carbons (Fsp3) is 0.0370. The molecule has 0 aromatic heterocycles. The fourth-order valence-corrected chi connectivity index (χ4v) is 4.55. The Hall–Kier alpha value is -3.61. The maximum absolute atomic E-state index is 14.1. The molecule has 0 fully saturated rings.